The van der Waals surface area contributed by atoms with Gasteiger partial charge in [-0.2, -0.15) is 5.26 Å². The standard InChI is InChI=1S/C22H12ClFN2O2S/c23-16-5-3-4-14(10-16)22-18-6-1-2-7-20(18)26-13-21(22)29(27,28)17-8-9-19(24)15(11-17)12-25/h1-11,13H. The molecule has 0 aliphatic rings. The molecular weight excluding hydrogens is 411 g/mol. The molecule has 4 rings (SSSR count). The van der Waals surface area contributed by atoms with Gasteiger partial charge in [0.2, 0.25) is 9.84 Å². The van der Waals surface area contributed by atoms with Crippen molar-refractivity contribution < 1.29 is 12.8 Å². The molecule has 7 heteroatoms. The molecule has 0 radical (unpaired) electrons. The Morgan fingerprint density at radius 2 is 1.79 bits per heavy atom. The summed E-state index contributed by atoms with van der Waals surface area (Å²) in [5, 5.41) is 10.2. The van der Waals surface area contributed by atoms with E-state index in [0.717, 1.165) is 18.2 Å². The van der Waals surface area contributed by atoms with Crippen molar-refractivity contribution in [1.82, 2.24) is 4.98 Å². The first-order valence-electron chi connectivity index (χ1n) is 8.50. The van der Waals surface area contributed by atoms with Gasteiger partial charge in [0, 0.05) is 22.2 Å². The first-order chi connectivity index (χ1) is 13.9. The summed E-state index contributed by atoms with van der Waals surface area (Å²) in [7, 11) is -4.09. The number of hydrogen-bond donors (Lipinski definition) is 0. The smallest absolute Gasteiger partial charge is 0.208 e. The van der Waals surface area contributed by atoms with E-state index < -0.39 is 15.7 Å². The Balaban J connectivity index is 2.06. The number of rotatable bonds is 3. The van der Waals surface area contributed by atoms with E-state index in [-0.39, 0.29) is 15.4 Å². The van der Waals surface area contributed by atoms with Gasteiger partial charge in [0.05, 0.1) is 20.9 Å². The zero-order valence-corrected chi connectivity index (χ0v) is 16.4. The molecule has 0 amide bonds. The van der Waals surface area contributed by atoms with E-state index in [0.29, 0.717) is 27.1 Å². The van der Waals surface area contributed by atoms with Crippen LogP contribution in [0.25, 0.3) is 22.0 Å². The maximum atomic E-state index is 13.7. The molecule has 0 atom stereocenters. The normalized spacial score (nSPS) is 11.3. The molecular formula is C22H12ClFN2O2S. The third-order valence-corrected chi connectivity index (χ3v) is 6.51. The predicted molar refractivity (Wildman–Crippen MR) is 109 cm³/mol. The number of aromatic nitrogens is 1. The minimum absolute atomic E-state index is 0.0473. The van der Waals surface area contributed by atoms with Crippen molar-refractivity contribution in [3.8, 4) is 17.2 Å². The summed E-state index contributed by atoms with van der Waals surface area (Å²) in [5.41, 5.74) is 1.33. The average Bonchev–Trinajstić information content (AvgIpc) is 2.73. The van der Waals surface area contributed by atoms with Gasteiger partial charge in [-0.3, -0.25) is 4.98 Å². The van der Waals surface area contributed by atoms with Crippen molar-refractivity contribution in [2.45, 2.75) is 9.79 Å². The fourth-order valence-electron chi connectivity index (χ4n) is 3.15. The maximum Gasteiger partial charge on any atom is 0.208 e. The zero-order valence-electron chi connectivity index (χ0n) is 14.8. The Hall–Kier alpha value is -3.27. The molecule has 4 aromatic rings. The molecule has 0 fully saturated rings. The second kappa shape index (κ2) is 7.28. The zero-order chi connectivity index (χ0) is 20.6. The van der Waals surface area contributed by atoms with Gasteiger partial charge in [-0.1, -0.05) is 41.9 Å². The Bertz CT molecular complexity index is 1410. The van der Waals surface area contributed by atoms with E-state index in [1.807, 2.05) is 6.07 Å². The molecule has 0 saturated carbocycles. The van der Waals surface area contributed by atoms with Crippen LogP contribution in [0.4, 0.5) is 4.39 Å². The maximum absolute atomic E-state index is 13.7. The summed E-state index contributed by atoms with van der Waals surface area (Å²) in [6.07, 6.45) is 1.28. The van der Waals surface area contributed by atoms with Crippen molar-refractivity contribution in [2.24, 2.45) is 0 Å². The lowest BCUT2D eigenvalue weighted by atomic mass is 10.0. The van der Waals surface area contributed by atoms with E-state index in [1.54, 1.807) is 48.5 Å². The van der Waals surface area contributed by atoms with Gasteiger partial charge < -0.3 is 0 Å². The van der Waals surface area contributed by atoms with Crippen LogP contribution in [-0.4, -0.2) is 13.4 Å². The van der Waals surface area contributed by atoms with E-state index in [9.17, 15) is 12.8 Å². The highest BCUT2D eigenvalue weighted by Crippen LogP contribution is 2.37. The number of nitrogens with zero attached hydrogens (tertiary/aromatic N) is 2. The monoisotopic (exact) mass is 422 g/mol. The average molecular weight is 423 g/mol. The topological polar surface area (TPSA) is 70.8 Å². The van der Waals surface area contributed by atoms with E-state index in [1.165, 1.54) is 6.20 Å². The summed E-state index contributed by atoms with van der Waals surface area (Å²) < 4.78 is 40.6. The first kappa shape index (κ1) is 19.1. The van der Waals surface area contributed by atoms with Crippen LogP contribution in [0.5, 0.6) is 0 Å². The first-order valence-corrected chi connectivity index (χ1v) is 10.4. The SMILES string of the molecule is N#Cc1cc(S(=O)(=O)c2cnc3ccccc3c2-c2cccc(Cl)c2)ccc1F. The minimum Gasteiger partial charge on any atom is -0.255 e. The van der Waals surface area contributed by atoms with Gasteiger partial charge in [0.25, 0.3) is 0 Å². The van der Waals surface area contributed by atoms with Crippen LogP contribution in [0, 0.1) is 17.1 Å². The van der Waals surface area contributed by atoms with E-state index >= 15 is 0 Å². The molecule has 1 aromatic heterocycles. The van der Waals surface area contributed by atoms with Crippen LogP contribution >= 0.6 is 11.6 Å². The fourth-order valence-corrected chi connectivity index (χ4v) is 4.81. The Morgan fingerprint density at radius 1 is 1.00 bits per heavy atom. The van der Waals surface area contributed by atoms with Crippen LogP contribution in [-0.2, 0) is 9.84 Å². The van der Waals surface area contributed by atoms with Gasteiger partial charge >= 0.3 is 0 Å². The largest absolute Gasteiger partial charge is 0.255 e. The Morgan fingerprint density at radius 3 is 2.55 bits per heavy atom. The summed E-state index contributed by atoms with van der Waals surface area (Å²) >= 11 is 6.14. The van der Waals surface area contributed by atoms with Gasteiger partial charge in [0.1, 0.15) is 11.9 Å². The van der Waals surface area contributed by atoms with Crippen LogP contribution in [0.1, 0.15) is 5.56 Å². The molecule has 0 bridgehead atoms. The van der Waals surface area contributed by atoms with Crippen LogP contribution in [0.15, 0.2) is 82.7 Å². The molecule has 3 aromatic carbocycles. The molecule has 0 aliphatic heterocycles. The Kier molecular flexibility index (Phi) is 4.79. The molecule has 4 nitrogen and oxygen atoms in total. The summed E-state index contributed by atoms with van der Waals surface area (Å²) in [6, 6.07) is 18.8. The number of para-hydroxylation sites is 1. The lowest BCUT2D eigenvalue weighted by Gasteiger charge is -2.14. The predicted octanol–water partition coefficient (Wildman–Crippen LogP) is 5.40. The van der Waals surface area contributed by atoms with Crippen molar-refractivity contribution in [3.05, 3.63) is 89.3 Å². The molecule has 0 aliphatic carbocycles. The second-order valence-corrected chi connectivity index (χ2v) is 8.64. The number of halogens is 2. The fraction of sp³-hybridized carbons (Fsp3) is 0. The number of hydrogen-bond acceptors (Lipinski definition) is 4. The van der Waals surface area contributed by atoms with Crippen LogP contribution < -0.4 is 0 Å². The van der Waals surface area contributed by atoms with Crippen molar-refractivity contribution in [1.29, 1.82) is 5.26 Å². The third kappa shape index (κ3) is 3.35. The molecule has 142 valence electrons. The van der Waals surface area contributed by atoms with Gasteiger partial charge in [-0.25, -0.2) is 12.8 Å². The molecule has 0 saturated heterocycles. The number of sulfone groups is 1. The number of benzene rings is 3. The van der Waals surface area contributed by atoms with Crippen molar-refractivity contribution in [2.75, 3.05) is 0 Å². The molecule has 0 N–H and O–H groups in total. The number of fused-ring (bicyclic) bond motifs is 1. The summed E-state index contributed by atoms with van der Waals surface area (Å²) in [4.78, 5) is 4.06. The second-order valence-electron chi connectivity index (χ2n) is 6.28. The van der Waals surface area contributed by atoms with Crippen molar-refractivity contribution >= 4 is 32.3 Å². The highest BCUT2D eigenvalue weighted by Gasteiger charge is 2.25. The minimum atomic E-state index is -4.09. The summed E-state index contributed by atoms with van der Waals surface area (Å²) in [5.74, 6) is -0.779. The van der Waals surface area contributed by atoms with Gasteiger partial charge in [-0.15, -0.1) is 0 Å². The quantitative estimate of drug-likeness (QED) is 0.414. The van der Waals surface area contributed by atoms with Crippen LogP contribution in [0.3, 0.4) is 0 Å². The third-order valence-electron chi connectivity index (χ3n) is 4.51. The van der Waals surface area contributed by atoms with E-state index in [2.05, 4.69) is 4.98 Å². The lowest BCUT2D eigenvalue weighted by Crippen LogP contribution is -2.06. The Labute approximate surface area is 171 Å². The number of pyridine rings is 1. The van der Waals surface area contributed by atoms with Crippen molar-refractivity contribution in [3.63, 3.8) is 0 Å². The van der Waals surface area contributed by atoms with Gasteiger partial charge in [0.15, 0.2) is 0 Å². The van der Waals surface area contributed by atoms with Crippen LogP contribution in [0.2, 0.25) is 5.02 Å². The molecule has 0 spiro atoms. The molecule has 0 unspecified atom stereocenters. The lowest BCUT2D eigenvalue weighted by molar-refractivity contribution is 0.594. The molecule has 29 heavy (non-hydrogen) atoms. The van der Waals surface area contributed by atoms with Gasteiger partial charge in [-0.05, 0) is 42.0 Å². The number of nitriles is 1. The molecule has 1 heterocycles. The van der Waals surface area contributed by atoms with E-state index in [4.69, 9.17) is 16.9 Å². The summed E-state index contributed by atoms with van der Waals surface area (Å²) in [6.45, 7) is 0. The highest BCUT2D eigenvalue weighted by molar-refractivity contribution is 7.91. The highest BCUT2D eigenvalue weighted by atomic mass is 35.5.